The number of sulfonamides is 1. The van der Waals surface area contributed by atoms with Crippen LogP contribution >= 0.6 is 11.3 Å². The Morgan fingerprint density at radius 2 is 1.79 bits per heavy atom. The van der Waals surface area contributed by atoms with E-state index >= 15 is 0 Å². The van der Waals surface area contributed by atoms with Crippen LogP contribution in [0, 0.1) is 5.82 Å². The zero-order valence-electron chi connectivity index (χ0n) is 15.0. The molecule has 2 aromatic heterocycles. The van der Waals surface area contributed by atoms with E-state index in [1.807, 2.05) is 5.38 Å². The summed E-state index contributed by atoms with van der Waals surface area (Å²) in [5, 5.41) is 8.59. The van der Waals surface area contributed by atoms with Crippen LogP contribution in [0.5, 0.6) is 0 Å². The molecule has 1 amide bonds. The molecule has 0 saturated heterocycles. The molecule has 0 atom stereocenters. The average Bonchev–Trinajstić information content (AvgIpc) is 3.22. The molecule has 0 radical (unpaired) electrons. The number of hydrogen-bond acceptors (Lipinski definition) is 6. The van der Waals surface area contributed by atoms with E-state index in [4.69, 9.17) is 0 Å². The van der Waals surface area contributed by atoms with Crippen LogP contribution < -0.4 is 10.0 Å². The van der Waals surface area contributed by atoms with E-state index in [2.05, 4.69) is 20.1 Å². The molecule has 4 aromatic rings. The van der Waals surface area contributed by atoms with Gasteiger partial charge in [-0.05, 0) is 48.5 Å². The van der Waals surface area contributed by atoms with Gasteiger partial charge in [-0.2, -0.15) is 4.98 Å². The standard InChI is InChI=1S/C18H14FN5O3S2/c1-11(25)20-14-6-8-15(9-7-14)29(26,27)23-17-21-18-24(22-17)16(10-28-18)12-2-4-13(19)5-3-12/h2-10H,1H3,(H,20,25)(H,22,23). The van der Waals surface area contributed by atoms with E-state index in [1.165, 1.54) is 59.2 Å². The molecule has 4 rings (SSSR count). The minimum Gasteiger partial charge on any atom is -0.326 e. The van der Waals surface area contributed by atoms with Gasteiger partial charge in [0.2, 0.25) is 10.9 Å². The molecule has 0 fully saturated rings. The van der Waals surface area contributed by atoms with Gasteiger partial charge in [0, 0.05) is 23.6 Å². The van der Waals surface area contributed by atoms with Crippen LogP contribution in [0.3, 0.4) is 0 Å². The molecule has 8 nitrogen and oxygen atoms in total. The number of aromatic nitrogens is 3. The third kappa shape index (κ3) is 3.96. The third-order valence-electron chi connectivity index (χ3n) is 3.93. The minimum absolute atomic E-state index is 0.00325. The topological polar surface area (TPSA) is 105 Å². The zero-order valence-corrected chi connectivity index (χ0v) is 16.6. The van der Waals surface area contributed by atoms with E-state index in [-0.39, 0.29) is 22.6 Å². The second kappa shape index (κ2) is 7.26. The Kier molecular flexibility index (Phi) is 4.76. The predicted octanol–water partition coefficient (Wildman–Crippen LogP) is 3.36. The molecule has 29 heavy (non-hydrogen) atoms. The highest BCUT2D eigenvalue weighted by atomic mass is 32.2. The number of carbonyl (C=O) groups excluding carboxylic acids is 1. The summed E-state index contributed by atoms with van der Waals surface area (Å²) in [5.74, 6) is -0.680. The monoisotopic (exact) mass is 431 g/mol. The van der Waals surface area contributed by atoms with E-state index in [9.17, 15) is 17.6 Å². The van der Waals surface area contributed by atoms with Crippen LogP contribution in [0.25, 0.3) is 16.2 Å². The van der Waals surface area contributed by atoms with Crippen LogP contribution in [0.1, 0.15) is 6.92 Å². The molecule has 2 heterocycles. The van der Waals surface area contributed by atoms with E-state index in [1.54, 1.807) is 12.1 Å². The fourth-order valence-corrected chi connectivity index (χ4v) is 4.41. The maximum absolute atomic E-state index is 13.2. The first kappa shape index (κ1) is 19.0. The van der Waals surface area contributed by atoms with Gasteiger partial charge in [0.15, 0.2) is 0 Å². The van der Waals surface area contributed by atoms with Crippen molar-refractivity contribution in [2.24, 2.45) is 0 Å². The Balaban J connectivity index is 1.60. The second-order valence-corrected chi connectivity index (χ2v) is 8.59. The lowest BCUT2D eigenvalue weighted by atomic mass is 10.2. The van der Waals surface area contributed by atoms with Gasteiger partial charge in [-0.25, -0.2) is 22.0 Å². The smallest absolute Gasteiger partial charge is 0.264 e. The number of nitrogens with zero attached hydrogens (tertiary/aromatic N) is 3. The van der Waals surface area contributed by atoms with Crippen molar-refractivity contribution in [2.45, 2.75) is 11.8 Å². The summed E-state index contributed by atoms with van der Waals surface area (Å²) in [6.07, 6.45) is 0. The summed E-state index contributed by atoms with van der Waals surface area (Å²) in [6, 6.07) is 11.6. The van der Waals surface area contributed by atoms with Crippen molar-refractivity contribution >= 4 is 43.9 Å². The molecule has 0 aliphatic heterocycles. The van der Waals surface area contributed by atoms with E-state index < -0.39 is 10.0 Å². The predicted molar refractivity (Wildman–Crippen MR) is 108 cm³/mol. The highest BCUT2D eigenvalue weighted by Gasteiger charge is 2.19. The summed E-state index contributed by atoms with van der Waals surface area (Å²) >= 11 is 1.28. The summed E-state index contributed by atoms with van der Waals surface area (Å²) in [5.41, 5.74) is 1.88. The fraction of sp³-hybridized carbons (Fsp3) is 0.0556. The molecule has 2 N–H and O–H groups in total. The molecule has 0 aliphatic carbocycles. The highest BCUT2D eigenvalue weighted by Crippen LogP contribution is 2.26. The third-order valence-corrected chi connectivity index (χ3v) is 6.09. The maximum atomic E-state index is 13.2. The van der Waals surface area contributed by atoms with Crippen molar-refractivity contribution in [1.82, 2.24) is 14.6 Å². The number of thiazole rings is 1. The molecule has 0 spiro atoms. The Bertz CT molecular complexity index is 1300. The van der Waals surface area contributed by atoms with E-state index in [0.717, 1.165) is 5.56 Å². The van der Waals surface area contributed by atoms with Crippen molar-refractivity contribution in [3.05, 3.63) is 59.7 Å². The first-order valence-electron chi connectivity index (χ1n) is 8.32. The Labute approximate surface area is 169 Å². The molecule has 148 valence electrons. The first-order chi connectivity index (χ1) is 13.8. The quantitative estimate of drug-likeness (QED) is 0.504. The lowest BCUT2D eigenvalue weighted by Gasteiger charge is -2.06. The van der Waals surface area contributed by atoms with Gasteiger partial charge in [0.25, 0.3) is 16.0 Å². The number of hydrogen-bond donors (Lipinski definition) is 2. The zero-order chi connectivity index (χ0) is 20.6. The van der Waals surface area contributed by atoms with Gasteiger partial charge in [-0.3, -0.25) is 4.79 Å². The van der Waals surface area contributed by atoms with Gasteiger partial charge in [-0.15, -0.1) is 16.4 Å². The molecule has 0 unspecified atom stereocenters. The van der Waals surface area contributed by atoms with Crippen LogP contribution in [0.15, 0.2) is 58.8 Å². The minimum atomic E-state index is -3.91. The Hall–Kier alpha value is -3.31. The van der Waals surface area contributed by atoms with Crippen LogP contribution in [-0.2, 0) is 14.8 Å². The van der Waals surface area contributed by atoms with Crippen molar-refractivity contribution in [1.29, 1.82) is 0 Å². The molecule has 2 aromatic carbocycles. The van der Waals surface area contributed by atoms with Crippen LogP contribution in [-0.4, -0.2) is 28.9 Å². The largest absolute Gasteiger partial charge is 0.326 e. The molecule has 11 heteroatoms. The number of fused-ring (bicyclic) bond motifs is 1. The number of rotatable bonds is 5. The normalized spacial score (nSPS) is 11.5. The fourth-order valence-electron chi connectivity index (χ4n) is 2.64. The maximum Gasteiger partial charge on any atom is 0.264 e. The number of nitrogens with one attached hydrogen (secondary N) is 2. The van der Waals surface area contributed by atoms with Gasteiger partial charge in [-0.1, -0.05) is 0 Å². The number of benzene rings is 2. The van der Waals surface area contributed by atoms with Gasteiger partial charge in [0.1, 0.15) is 5.82 Å². The SMILES string of the molecule is CC(=O)Nc1ccc(S(=O)(=O)Nc2nc3scc(-c4ccc(F)cc4)n3n2)cc1. The van der Waals surface area contributed by atoms with Crippen LogP contribution in [0.2, 0.25) is 0 Å². The van der Waals surface area contributed by atoms with Crippen molar-refractivity contribution < 1.29 is 17.6 Å². The summed E-state index contributed by atoms with van der Waals surface area (Å²) in [6.45, 7) is 1.36. The molecule has 0 bridgehead atoms. The molecule has 0 saturated carbocycles. The van der Waals surface area contributed by atoms with Crippen LogP contribution in [0.4, 0.5) is 16.0 Å². The molecular weight excluding hydrogens is 417 g/mol. The second-order valence-electron chi connectivity index (χ2n) is 6.07. The lowest BCUT2D eigenvalue weighted by Crippen LogP contribution is -2.14. The highest BCUT2D eigenvalue weighted by molar-refractivity contribution is 7.92. The average molecular weight is 431 g/mol. The lowest BCUT2D eigenvalue weighted by molar-refractivity contribution is -0.114. The first-order valence-corrected chi connectivity index (χ1v) is 10.7. The van der Waals surface area contributed by atoms with Crippen molar-refractivity contribution in [3.63, 3.8) is 0 Å². The van der Waals surface area contributed by atoms with Crippen molar-refractivity contribution in [3.8, 4) is 11.3 Å². The summed E-state index contributed by atoms with van der Waals surface area (Å²) in [7, 11) is -3.91. The van der Waals surface area contributed by atoms with Gasteiger partial charge >= 0.3 is 0 Å². The summed E-state index contributed by atoms with van der Waals surface area (Å²) < 4.78 is 42.2. The van der Waals surface area contributed by atoms with Crippen molar-refractivity contribution in [2.75, 3.05) is 10.0 Å². The number of halogens is 1. The number of anilines is 2. The Morgan fingerprint density at radius 3 is 2.45 bits per heavy atom. The van der Waals surface area contributed by atoms with E-state index in [0.29, 0.717) is 16.3 Å². The molecule has 0 aliphatic rings. The van der Waals surface area contributed by atoms with Gasteiger partial charge < -0.3 is 5.32 Å². The Morgan fingerprint density at radius 1 is 1.10 bits per heavy atom. The van der Waals surface area contributed by atoms with Gasteiger partial charge in [0.05, 0.1) is 10.6 Å². The molecular formula is C18H14FN5O3S2. The number of amides is 1. The summed E-state index contributed by atoms with van der Waals surface area (Å²) in [4.78, 5) is 15.7. The number of carbonyl (C=O) groups is 1.